The maximum atomic E-state index is 12.4. The van der Waals surface area contributed by atoms with Gasteiger partial charge < -0.3 is 10.6 Å². The van der Waals surface area contributed by atoms with Gasteiger partial charge in [-0.25, -0.2) is 0 Å². The van der Waals surface area contributed by atoms with Crippen molar-refractivity contribution in [1.29, 1.82) is 0 Å². The van der Waals surface area contributed by atoms with Gasteiger partial charge in [0, 0.05) is 37.6 Å². The van der Waals surface area contributed by atoms with E-state index in [-0.39, 0.29) is 11.9 Å². The van der Waals surface area contributed by atoms with E-state index >= 15 is 0 Å². The number of nitrogens with zero attached hydrogens (tertiary/aromatic N) is 2. The van der Waals surface area contributed by atoms with E-state index in [0.29, 0.717) is 0 Å². The van der Waals surface area contributed by atoms with Crippen molar-refractivity contribution in [2.24, 2.45) is 5.73 Å². The van der Waals surface area contributed by atoms with Crippen LogP contribution in [0, 0.1) is 0 Å². The van der Waals surface area contributed by atoms with Gasteiger partial charge in [0.1, 0.15) is 0 Å². The summed E-state index contributed by atoms with van der Waals surface area (Å²) in [6, 6.07) is 3.97. The fourth-order valence-corrected chi connectivity index (χ4v) is 3.50. The molecule has 1 amide bonds. The van der Waals surface area contributed by atoms with Crippen molar-refractivity contribution in [3.63, 3.8) is 0 Å². The first kappa shape index (κ1) is 16.5. The van der Waals surface area contributed by atoms with Crippen LogP contribution in [0.1, 0.15) is 37.5 Å². The zero-order valence-electron chi connectivity index (χ0n) is 13.0. The molecular formula is C16H27N3OS. The monoisotopic (exact) mass is 309 g/mol. The minimum Gasteiger partial charge on any atom is -0.340 e. The van der Waals surface area contributed by atoms with Crippen molar-refractivity contribution in [1.82, 2.24) is 9.80 Å². The lowest BCUT2D eigenvalue weighted by Crippen LogP contribution is -2.45. The molecule has 0 saturated carbocycles. The molecule has 0 bridgehead atoms. The molecule has 0 aliphatic carbocycles. The van der Waals surface area contributed by atoms with E-state index in [0.717, 1.165) is 58.4 Å². The number of carbonyl (C=O) groups excluding carboxylic acids is 1. The van der Waals surface area contributed by atoms with Crippen LogP contribution in [0.4, 0.5) is 0 Å². The van der Waals surface area contributed by atoms with E-state index in [1.807, 2.05) is 4.90 Å². The van der Waals surface area contributed by atoms with Crippen LogP contribution in [0.25, 0.3) is 0 Å². The predicted molar refractivity (Wildman–Crippen MR) is 88.3 cm³/mol. The molecule has 2 rings (SSSR count). The molecule has 1 fully saturated rings. The van der Waals surface area contributed by atoms with Gasteiger partial charge in [-0.3, -0.25) is 9.69 Å². The Morgan fingerprint density at radius 3 is 2.95 bits per heavy atom. The van der Waals surface area contributed by atoms with E-state index < -0.39 is 0 Å². The van der Waals surface area contributed by atoms with Crippen LogP contribution in [-0.4, -0.2) is 47.9 Å². The molecule has 1 saturated heterocycles. The molecule has 21 heavy (non-hydrogen) atoms. The Labute approximate surface area is 131 Å². The normalized spacial score (nSPS) is 18.5. The number of hydrogen-bond acceptors (Lipinski definition) is 4. The van der Waals surface area contributed by atoms with Crippen molar-refractivity contribution >= 4 is 17.2 Å². The molecule has 0 radical (unpaired) electrons. The van der Waals surface area contributed by atoms with Crippen LogP contribution in [-0.2, 0) is 11.3 Å². The zero-order valence-corrected chi connectivity index (χ0v) is 13.8. The van der Waals surface area contributed by atoms with Gasteiger partial charge in [0.2, 0.25) is 5.91 Å². The van der Waals surface area contributed by atoms with Crippen LogP contribution >= 0.6 is 11.3 Å². The van der Waals surface area contributed by atoms with Gasteiger partial charge in [-0.2, -0.15) is 0 Å². The van der Waals surface area contributed by atoms with Crippen LogP contribution < -0.4 is 5.73 Å². The van der Waals surface area contributed by atoms with Gasteiger partial charge in [-0.1, -0.05) is 25.8 Å². The van der Waals surface area contributed by atoms with Gasteiger partial charge in [0.15, 0.2) is 0 Å². The molecule has 1 atom stereocenters. The summed E-state index contributed by atoms with van der Waals surface area (Å²) in [7, 11) is 0. The predicted octanol–water partition coefficient (Wildman–Crippen LogP) is 2.30. The van der Waals surface area contributed by atoms with E-state index in [1.54, 1.807) is 11.3 Å². The number of carbonyl (C=O) groups is 1. The van der Waals surface area contributed by atoms with Crippen LogP contribution in [0.2, 0.25) is 0 Å². The topological polar surface area (TPSA) is 49.6 Å². The van der Waals surface area contributed by atoms with Crippen LogP contribution in [0.3, 0.4) is 0 Å². The third-order valence-corrected chi connectivity index (χ3v) is 4.91. The average Bonchev–Trinajstić information content (AvgIpc) is 2.89. The first-order valence-electron chi connectivity index (χ1n) is 7.99. The van der Waals surface area contributed by atoms with Crippen molar-refractivity contribution in [2.45, 2.75) is 45.2 Å². The van der Waals surface area contributed by atoms with Crippen LogP contribution in [0.15, 0.2) is 17.5 Å². The number of unbranched alkanes of at least 4 members (excludes halogenated alkanes) is 1. The smallest absolute Gasteiger partial charge is 0.239 e. The number of amides is 1. The third-order valence-electron chi connectivity index (χ3n) is 4.05. The largest absolute Gasteiger partial charge is 0.340 e. The second-order valence-electron chi connectivity index (χ2n) is 5.78. The highest BCUT2D eigenvalue weighted by Gasteiger charge is 2.23. The first-order valence-corrected chi connectivity index (χ1v) is 8.87. The van der Waals surface area contributed by atoms with E-state index in [2.05, 4.69) is 29.3 Å². The lowest BCUT2D eigenvalue weighted by molar-refractivity contribution is -0.132. The first-order chi connectivity index (χ1) is 10.2. The van der Waals surface area contributed by atoms with E-state index in [1.165, 1.54) is 4.88 Å². The van der Waals surface area contributed by atoms with Crippen molar-refractivity contribution in [2.75, 3.05) is 26.2 Å². The molecular weight excluding hydrogens is 282 g/mol. The standard InChI is InChI=1S/C16H27N3OS/c1-2-3-7-15(17)16(20)19-9-5-8-18(10-11-19)13-14-6-4-12-21-14/h4,6,12,15H,2-3,5,7-11,13,17H2,1H3/t15-/m0/s1. The van der Waals surface area contributed by atoms with Gasteiger partial charge in [0.05, 0.1) is 6.04 Å². The second kappa shape index (κ2) is 8.51. The fourth-order valence-electron chi connectivity index (χ4n) is 2.75. The average molecular weight is 309 g/mol. The summed E-state index contributed by atoms with van der Waals surface area (Å²) < 4.78 is 0. The Hall–Kier alpha value is -0.910. The van der Waals surface area contributed by atoms with E-state index in [4.69, 9.17) is 5.73 Å². The maximum Gasteiger partial charge on any atom is 0.239 e. The van der Waals surface area contributed by atoms with Crippen molar-refractivity contribution in [3.8, 4) is 0 Å². The molecule has 0 aromatic carbocycles. The molecule has 118 valence electrons. The fraction of sp³-hybridized carbons (Fsp3) is 0.688. The zero-order chi connectivity index (χ0) is 15.1. The second-order valence-corrected chi connectivity index (χ2v) is 6.82. The molecule has 0 unspecified atom stereocenters. The van der Waals surface area contributed by atoms with Crippen LogP contribution in [0.5, 0.6) is 0 Å². The molecule has 5 heteroatoms. The number of hydrogen-bond donors (Lipinski definition) is 1. The Bertz CT molecular complexity index is 421. The lowest BCUT2D eigenvalue weighted by atomic mass is 10.1. The highest BCUT2D eigenvalue weighted by atomic mass is 32.1. The quantitative estimate of drug-likeness (QED) is 0.877. The summed E-state index contributed by atoms with van der Waals surface area (Å²) in [6.07, 6.45) is 3.98. The molecule has 1 aromatic rings. The summed E-state index contributed by atoms with van der Waals surface area (Å²) in [5, 5.41) is 2.12. The van der Waals surface area contributed by atoms with E-state index in [9.17, 15) is 4.79 Å². The minimum absolute atomic E-state index is 0.140. The molecule has 4 nitrogen and oxygen atoms in total. The van der Waals surface area contributed by atoms with Gasteiger partial charge in [-0.05, 0) is 24.3 Å². The summed E-state index contributed by atoms with van der Waals surface area (Å²) in [5.74, 6) is 0.140. The minimum atomic E-state index is -0.311. The Kier molecular flexibility index (Phi) is 6.67. The third kappa shape index (κ3) is 5.09. The molecule has 1 aliphatic heterocycles. The van der Waals surface area contributed by atoms with Gasteiger partial charge >= 0.3 is 0 Å². The Morgan fingerprint density at radius 1 is 1.38 bits per heavy atom. The number of thiophene rings is 1. The Balaban J connectivity index is 1.81. The summed E-state index contributed by atoms with van der Waals surface area (Å²) >= 11 is 1.80. The SMILES string of the molecule is CCCC[C@H](N)C(=O)N1CCCN(Cc2cccs2)CC1. The Morgan fingerprint density at radius 2 is 2.24 bits per heavy atom. The summed E-state index contributed by atoms with van der Waals surface area (Å²) in [6.45, 7) is 6.80. The molecule has 1 aromatic heterocycles. The van der Waals surface area contributed by atoms with Crippen molar-refractivity contribution < 1.29 is 4.79 Å². The van der Waals surface area contributed by atoms with Gasteiger partial charge in [-0.15, -0.1) is 11.3 Å². The highest BCUT2D eigenvalue weighted by molar-refractivity contribution is 7.09. The summed E-state index contributed by atoms with van der Waals surface area (Å²) in [4.78, 5) is 18.2. The van der Waals surface area contributed by atoms with Gasteiger partial charge in [0.25, 0.3) is 0 Å². The maximum absolute atomic E-state index is 12.4. The lowest BCUT2D eigenvalue weighted by Gasteiger charge is -2.24. The molecule has 1 aliphatic rings. The highest BCUT2D eigenvalue weighted by Crippen LogP contribution is 2.14. The molecule has 2 N–H and O–H groups in total. The molecule has 2 heterocycles. The number of nitrogens with two attached hydrogens (primary N) is 1. The summed E-state index contributed by atoms with van der Waals surface area (Å²) in [5.41, 5.74) is 6.03. The van der Waals surface area contributed by atoms with Crippen molar-refractivity contribution in [3.05, 3.63) is 22.4 Å². The number of rotatable bonds is 6. The molecule has 0 spiro atoms.